The van der Waals surface area contributed by atoms with Gasteiger partial charge in [-0.15, -0.1) is 0 Å². The summed E-state index contributed by atoms with van der Waals surface area (Å²) in [4.78, 5) is 10.7. The molecule has 18 heavy (non-hydrogen) atoms. The van der Waals surface area contributed by atoms with E-state index in [9.17, 15) is 4.79 Å². The maximum absolute atomic E-state index is 10.7. The molecule has 0 aliphatic rings. The number of hydrogen-bond donors (Lipinski definition) is 2. The van der Waals surface area contributed by atoms with Crippen molar-refractivity contribution in [3.05, 3.63) is 28.8 Å². The molecule has 0 radical (unpaired) electrons. The van der Waals surface area contributed by atoms with Crippen LogP contribution in [-0.2, 0) is 4.74 Å². The Morgan fingerprint density at radius 2 is 2.17 bits per heavy atom. The van der Waals surface area contributed by atoms with Gasteiger partial charge in [0.15, 0.2) is 0 Å². The molecule has 1 aromatic carbocycles. The summed E-state index contributed by atoms with van der Waals surface area (Å²) < 4.78 is 4.96. The molecule has 0 fully saturated rings. The number of ether oxygens (including phenoxy) is 1. The minimum atomic E-state index is -0.969. The first-order valence-corrected chi connectivity index (χ1v) is 6.28. The van der Waals surface area contributed by atoms with Crippen molar-refractivity contribution in [1.82, 2.24) is 0 Å². The quantitative estimate of drug-likeness (QED) is 0.713. The molecule has 100 valence electrons. The van der Waals surface area contributed by atoms with Crippen molar-refractivity contribution in [2.75, 3.05) is 25.6 Å². The number of carboxylic acid groups (broad SMARTS) is 1. The van der Waals surface area contributed by atoms with Gasteiger partial charge in [-0.3, -0.25) is 0 Å². The molecule has 1 aromatic rings. The van der Waals surface area contributed by atoms with E-state index in [1.54, 1.807) is 19.2 Å². The molecular formula is C13H18ClNO3. The molecule has 0 heterocycles. The molecule has 0 bridgehead atoms. The molecule has 0 unspecified atom stereocenters. The highest BCUT2D eigenvalue weighted by Gasteiger charge is 2.06. The van der Waals surface area contributed by atoms with Gasteiger partial charge in [-0.25, -0.2) is 4.79 Å². The smallest absolute Gasteiger partial charge is 0.335 e. The fraction of sp³-hybridized carbons (Fsp3) is 0.462. The van der Waals surface area contributed by atoms with E-state index in [0.29, 0.717) is 5.02 Å². The molecule has 5 heteroatoms. The molecule has 4 nitrogen and oxygen atoms in total. The van der Waals surface area contributed by atoms with Crippen LogP contribution < -0.4 is 5.32 Å². The molecule has 0 saturated heterocycles. The summed E-state index contributed by atoms with van der Waals surface area (Å²) in [6.45, 7) is 1.60. The minimum Gasteiger partial charge on any atom is -0.478 e. The van der Waals surface area contributed by atoms with Crippen LogP contribution in [0.15, 0.2) is 18.2 Å². The summed E-state index contributed by atoms with van der Waals surface area (Å²) in [6.07, 6.45) is 3.16. The summed E-state index contributed by atoms with van der Waals surface area (Å²) >= 11 is 5.99. The molecule has 0 saturated carbocycles. The number of benzene rings is 1. The Labute approximate surface area is 112 Å². The van der Waals surface area contributed by atoms with Crippen molar-refractivity contribution in [3.8, 4) is 0 Å². The van der Waals surface area contributed by atoms with E-state index in [1.807, 2.05) is 0 Å². The lowest BCUT2D eigenvalue weighted by molar-refractivity contribution is 0.0697. The molecule has 0 aromatic heterocycles. The Bertz CT molecular complexity index is 396. The van der Waals surface area contributed by atoms with Gasteiger partial charge in [-0.2, -0.15) is 0 Å². The highest BCUT2D eigenvalue weighted by molar-refractivity contribution is 6.33. The molecule has 0 aliphatic heterocycles. The van der Waals surface area contributed by atoms with Gasteiger partial charge < -0.3 is 15.2 Å². The second-order valence-electron chi connectivity index (χ2n) is 3.98. The molecule has 0 amide bonds. The van der Waals surface area contributed by atoms with Gasteiger partial charge in [0.05, 0.1) is 16.3 Å². The van der Waals surface area contributed by atoms with Crippen LogP contribution in [0, 0.1) is 0 Å². The van der Waals surface area contributed by atoms with Crippen LogP contribution in [0.5, 0.6) is 0 Å². The van der Waals surface area contributed by atoms with Crippen LogP contribution in [0.1, 0.15) is 29.6 Å². The van der Waals surface area contributed by atoms with Crippen molar-refractivity contribution < 1.29 is 14.6 Å². The lowest BCUT2D eigenvalue weighted by Gasteiger charge is -2.08. The summed E-state index contributed by atoms with van der Waals surface area (Å²) in [5.74, 6) is -0.969. The number of nitrogens with one attached hydrogen (secondary N) is 1. The lowest BCUT2D eigenvalue weighted by atomic mass is 10.2. The Hall–Kier alpha value is -1.26. The van der Waals surface area contributed by atoms with E-state index < -0.39 is 5.97 Å². The third-order valence-corrected chi connectivity index (χ3v) is 2.87. The van der Waals surface area contributed by atoms with Crippen LogP contribution in [0.25, 0.3) is 0 Å². The van der Waals surface area contributed by atoms with Gasteiger partial charge in [-0.05, 0) is 37.5 Å². The third-order valence-electron chi connectivity index (χ3n) is 2.56. The Balaban J connectivity index is 2.36. The normalized spacial score (nSPS) is 10.3. The van der Waals surface area contributed by atoms with Crippen LogP contribution in [0.3, 0.4) is 0 Å². The summed E-state index contributed by atoms with van der Waals surface area (Å²) in [5.41, 5.74) is 0.971. The lowest BCUT2D eigenvalue weighted by Crippen LogP contribution is -2.04. The van der Waals surface area contributed by atoms with E-state index in [1.165, 1.54) is 6.07 Å². The fourth-order valence-electron chi connectivity index (χ4n) is 1.56. The third kappa shape index (κ3) is 4.94. The molecule has 0 spiro atoms. The maximum Gasteiger partial charge on any atom is 0.335 e. The minimum absolute atomic E-state index is 0.200. The fourth-order valence-corrected chi connectivity index (χ4v) is 1.81. The number of anilines is 1. The number of unbranched alkanes of at least 4 members (excludes halogenated alkanes) is 2. The zero-order valence-electron chi connectivity index (χ0n) is 10.4. The van der Waals surface area contributed by atoms with E-state index in [0.717, 1.165) is 38.1 Å². The van der Waals surface area contributed by atoms with Crippen molar-refractivity contribution in [1.29, 1.82) is 0 Å². The van der Waals surface area contributed by atoms with Gasteiger partial charge in [0.1, 0.15) is 0 Å². The van der Waals surface area contributed by atoms with Gasteiger partial charge in [-0.1, -0.05) is 11.6 Å². The number of hydrogen-bond acceptors (Lipinski definition) is 3. The van der Waals surface area contributed by atoms with Crippen LogP contribution >= 0.6 is 11.6 Å². The van der Waals surface area contributed by atoms with Gasteiger partial charge in [0.25, 0.3) is 0 Å². The number of rotatable bonds is 8. The van der Waals surface area contributed by atoms with Crippen LogP contribution in [0.4, 0.5) is 5.69 Å². The van der Waals surface area contributed by atoms with Crippen LogP contribution in [0.2, 0.25) is 5.02 Å². The average molecular weight is 272 g/mol. The first-order chi connectivity index (χ1) is 8.65. The van der Waals surface area contributed by atoms with E-state index >= 15 is 0 Å². The van der Waals surface area contributed by atoms with Gasteiger partial charge >= 0.3 is 5.97 Å². The maximum atomic E-state index is 10.7. The SMILES string of the molecule is COCCCCCNc1ccc(C(=O)O)cc1Cl. The highest BCUT2D eigenvalue weighted by atomic mass is 35.5. The highest BCUT2D eigenvalue weighted by Crippen LogP contribution is 2.23. The van der Waals surface area contributed by atoms with Crippen molar-refractivity contribution in [3.63, 3.8) is 0 Å². The Morgan fingerprint density at radius 3 is 2.78 bits per heavy atom. The first kappa shape index (κ1) is 14.8. The molecule has 0 atom stereocenters. The molecule has 1 rings (SSSR count). The second-order valence-corrected chi connectivity index (χ2v) is 4.39. The second kappa shape index (κ2) is 7.95. The zero-order valence-corrected chi connectivity index (χ0v) is 11.2. The number of halogens is 1. The predicted octanol–water partition coefficient (Wildman–Crippen LogP) is 3.27. The van der Waals surface area contributed by atoms with Crippen molar-refractivity contribution in [2.24, 2.45) is 0 Å². The monoisotopic (exact) mass is 271 g/mol. The number of methoxy groups -OCH3 is 1. The standard InChI is InChI=1S/C13H18ClNO3/c1-18-8-4-2-3-7-15-12-6-5-10(13(16)17)9-11(12)14/h5-6,9,15H,2-4,7-8H2,1H3,(H,16,17). The summed E-state index contributed by atoms with van der Waals surface area (Å²) in [6, 6.07) is 4.69. The largest absolute Gasteiger partial charge is 0.478 e. The van der Waals surface area contributed by atoms with Crippen molar-refractivity contribution in [2.45, 2.75) is 19.3 Å². The molecular weight excluding hydrogens is 254 g/mol. The molecule has 2 N–H and O–H groups in total. The van der Waals surface area contributed by atoms with Gasteiger partial charge in [0.2, 0.25) is 0 Å². The molecule has 0 aliphatic carbocycles. The van der Waals surface area contributed by atoms with E-state index in [4.69, 9.17) is 21.4 Å². The summed E-state index contributed by atoms with van der Waals surface area (Å²) in [5, 5.41) is 12.4. The van der Waals surface area contributed by atoms with E-state index in [-0.39, 0.29) is 5.56 Å². The van der Waals surface area contributed by atoms with Crippen molar-refractivity contribution >= 4 is 23.3 Å². The first-order valence-electron chi connectivity index (χ1n) is 5.91. The number of aromatic carboxylic acids is 1. The van der Waals surface area contributed by atoms with E-state index in [2.05, 4.69) is 5.32 Å². The zero-order chi connectivity index (χ0) is 13.4. The number of carboxylic acids is 1. The Morgan fingerprint density at radius 1 is 1.39 bits per heavy atom. The predicted molar refractivity (Wildman–Crippen MR) is 72.6 cm³/mol. The van der Waals surface area contributed by atoms with Crippen LogP contribution in [-0.4, -0.2) is 31.3 Å². The topological polar surface area (TPSA) is 58.6 Å². The number of carbonyl (C=O) groups is 1. The Kier molecular flexibility index (Phi) is 6.54. The van der Waals surface area contributed by atoms with Gasteiger partial charge in [0, 0.05) is 20.3 Å². The average Bonchev–Trinajstić information content (AvgIpc) is 2.35. The summed E-state index contributed by atoms with van der Waals surface area (Å²) in [7, 11) is 1.70.